The molecule has 0 spiro atoms. The maximum absolute atomic E-state index is 6.18. The summed E-state index contributed by atoms with van der Waals surface area (Å²) in [5.41, 5.74) is 9.46. The predicted octanol–water partition coefficient (Wildman–Crippen LogP) is 8.51. The number of para-hydroxylation sites is 4. The van der Waals surface area contributed by atoms with Gasteiger partial charge in [0.25, 0.3) is 0 Å². The van der Waals surface area contributed by atoms with E-state index in [0.29, 0.717) is 5.84 Å². The van der Waals surface area contributed by atoms with E-state index in [0.717, 1.165) is 39.3 Å². The summed E-state index contributed by atoms with van der Waals surface area (Å²) in [5.74, 6) is 0.599. The fourth-order valence-corrected chi connectivity index (χ4v) is 5.56. The maximum atomic E-state index is 6.18. The number of fused-ring (bicyclic) bond motifs is 6. The van der Waals surface area contributed by atoms with Crippen LogP contribution in [0.1, 0.15) is 0 Å². The van der Waals surface area contributed by atoms with Crippen LogP contribution in [0, 0.1) is 0 Å². The van der Waals surface area contributed by atoms with Gasteiger partial charge in [-0.15, -0.1) is 0 Å². The Morgan fingerprint density at radius 2 is 1.22 bits per heavy atom. The minimum Gasteiger partial charge on any atom is -0.423 e. The average molecular weight is 476 g/mol. The zero-order chi connectivity index (χ0) is 24.3. The molecule has 8 aromatic rings. The summed E-state index contributed by atoms with van der Waals surface area (Å²) < 4.78 is 10.7. The van der Waals surface area contributed by atoms with Gasteiger partial charge in [-0.1, -0.05) is 84.9 Å². The molecular formula is C33H21N3O. The van der Waals surface area contributed by atoms with Gasteiger partial charge in [-0.2, -0.15) is 4.98 Å². The largest absolute Gasteiger partial charge is 0.423 e. The van der Waals surface area contributed by atoms with Gasteiger partial charge in [0.05, 0.1) is 22.2 Å². The van der Waals surface area contributed by atoms with E-state index in [2.05, 4.69) is 112 Å². The van der Waals surface area contributed by atoms with E-state index in [4.69, 9.17) is 9.40 Å². The Morgan fingerprint density at radius 3 is 2.05 bits per heavy atom. The molecule has 0 saturated carbocycles. The second-order valence-corrected chi connectivity index (χ2v) is 9.28. The van der Waals surface area contributed by atoms with Crippen molar-refractivity contribution in [2.45, 2.75) is 0 Å². The molecule has 0 aliphatic carbocycles. The zero-order valence-electron chi connectivity index (χ0n) is 19.9. The summed E-state index contributed by atoms with van der Waals surface area (Å²) in [5, 5.41) is 2.42. The lowest BCUT2D eigenvalue weighted by molar-refractivity contribution is 0.642. The SMILES string of the molecule is c1ccc(-c2c(-c3ccc4c(c3)c3ccccc3n4-c3ccccc3)nc3oc4ccccc4n23)cc1. The van der Waals surface area contributed by atoms with E-state index >= 15 is 0 Å². The van der Waals surface area contributed by atoms with E-state index in [-0.39, 0.29) is 0 Å². The van der Waals surface area contributed by atoms with Crippen LogP contribution >= 0.6 is 0 Å². The van der Waals surface area contributed by atoms with Gasteiger partial charge < -0.3 is 8.98 Å². The van der Waals surface area contributed by atoms with Gasteiger partial charge in [0.15, 0.2) is 5.58 Å². The first-order valence-corrected chi connectivity index (χ1v) is 12.4. The van der Waals surface area contributed by atoms with Crippen molar-refractivity contribution in [2.75, 3.05) is 0 Å². The van der Waals surface area contributed by atoms with E-state index in [1.165, 1.54) is 21.8 Å². The minimum absolute atomic E-state index is 0.599. The average Bonchev–Trinajstić information content (AvgIpc) is 3.61. The van der Waals surface area contributed by atoms with Crippen molar-refractivity contribution in [1.82, 2.24) is 14.0 Å². The van der Waals surface area contributed by atoms with Gasteiger partial charge in [-0.05, 0) is 42.5 Å². The highest BCUT2D eigenvalue weighted by atomic mass is 16.4. The van der Waals surface area contributed by atoms with Crippen LogP contribution in [-0.4, -0.2) is 14.0 Å². The molecule has 4 nitrogen and oxygen atoms in total. The molecule has 0 aliphatic heterocycles. The van der Waals surface area contributed by atoms with Crippen molar-refractivity contribution >= 4 is 38.7 Å². The molecule has 0 saturated heterocycles. The molecule has 0 aliphatic rings. The van der Waals surface area contributed by atoms with Gasteiger partial charge in [0, 0.05) is 27.6 Å². The second-order valence-electron chi connectivity index (χ2n) is 9.28. The molecule has 0 N–H and O–H groups in total. The number of aromatic nitrogens is 3. The number of imidazole rings is 1. The molecule has 0 radical (unpaired) electrons. The minimum atomic E-state index is 0.599. The Labute approximate surface area is 212 Å². The molecule has 0 bridgehead atoms. The van der Waals surface area contributed by atoms with E-state index in [9.17, 15) is 0 Å². The van der Waals surface area contributed by atoms with Crippen LogP contribution in [0.2, 0.25) is 0 Å². The van der Waals surface area contributed by atoms with Gasteiger partial charge in [-0.25, -0.2) is 0 Å². The number of oxazole rings is 1. The Bertz CT molecular complexity index is 2080. The van der Waals surface area contributed by atoms with E-state index < -0.39 is 0 Å². The lowest BCUT2D eigenvalue weighted by atomic mass is 10.0. The number of hydrogen-bond donors (Lipinski definition) is 0. The third kappa shape index (κ3) is 2.93. The van der Waals surface area contributed by atoms with E-state index in [1.54, 1.807) is 0 Å². The molecular weight excluding hydrogens is 454 g/mol. The quantitative estimate of drug-likeness (QED) is 0.257. The molecule has 5 aromatic carbocycles. The highest BCUT2D eigenvalue weighted by molar-refractivity contribution is 6.10. The molecule has 37 heavy (non-hydrogen) atoms. The molecule has 0 atom stereocenters. The number of rotatable bonds is 3. The third-order valence-electron chi connectivity index (χ3n) is 7.16. The third-order valence-corrected chi connectivity index (χ3v) is 7.16. The monoisotopic (exact) mass is 475 g/mol. The van der Waals surface area contributed by atoms with Crippen molar-refractivity contribution in [3.63, 3.8) is 0 Å². The van der Waals surface area contributed by atoms with Crippen molar-refractivity contribution < 1.29 is 4.42 Å². The molecule has 174 valence electrons. The molecule has 3 heterocycles. The smallest absolute Gasteiger partial charge is 0.307 e. The zero-order valence-corrected chi connectivity index (χ0v) is 19.9. The molecule has 0 unspecified atom stereocenters. The van der Waals surface area contributed by atoms with Crippen molar-refractivity contribution in [3.8, 4) is 28.2 Å². The van der Waals surface area contributed by atoms with Gasteiger partial charge >= 0.3 is 5.84 Å². The maximum Gasteiger partial charge on any atom is 0.307 e. The lowest BCUT2D eigenvalue weighted by Gasteiger charge is -2.08. The van der Waals surface area contributed by atoms with Gasteiger partial charge in [-0.3, -0.25) is 4.40 Å². The Kier molecular flexibility index (Phi) is 4.19. The van der Waals surface area contributed by atoms with Crippen LogP contribution < -0.4 is 0 Å². The van der Waals surface area contributed by atoms with Crippen LogP contribution in [-0.2, 0) is 0 Å². The van der Waals surface area contributed by atoms with Gasteiger partial charge in [0.2, 0.25) is 0 Å². The highest BCUT2D eigenvalue weighted by Crippen LogP contribution is 2.39. The first-order chi connectivity index (χ1) is 18.4. The van der Waals surface area contributed by atoms with Crippen LogP contribution in [0.5, 0.6) is 0 Å². The summed E-state index contributed by atoms with van der Waals surface area (Å²) in [4.78, 5) is 5.04. The van der Waals surface area contributed by atoms with Crippen LogP contribution in [0.4, 0.5) is 0 Å². The van der Waals surface area contributed by atoms with Crippen LogP contribution in [0.3, 0.4) is 0 Å². The molecule has 8 rings (SSSR count). The standard InChI is InChI=1S/C33H21N3O/c1-3-11-22(12-4-1)32-31(34-33-36(32)29-17-9-10-18-30(29)37-33)23-19-20-28-26(21-23)25-15-7-8-16-27(25)35(28)24-13-5-2-6-14-24/h1-21H. The van der Waals surface area contributed by atoms with Crippen LogP contribution in [0.25, 0.3) is 67.0 Å². The number of benzene rings is 5. The second kappa shape index (κ2) is 7.70. The summed E-state index contributed by atoms with van der Waals surface area (Å²) in [6.07, 6.45) is 0. The molecule has 3 aromatic heterocycles. The van der Waals surface area contributed by atoms with Gasteiger partial charge in [0.1, 0.15) is 5.69 Å². The fraction of sp³-hybridized carbons (Fsp3) is 0. The van der Waals surface area contributed by atoms with Crippen LogP contribution in [0.15, 0.2) is 132 Å². The molecule has 0 fully saturated rings. The number of hydrogen-bond acceptors (Lipinski definition) is 2. The predicted molar refractivity (Wildman–Crippen MR) is 150 cm³/mol. The normalized spacial score (nSPS) is 11.8. The summed E-state index contributed by atoms with van der Waals surface area (Å²) in [7, 11) is 0. The Balaban J connectivity index is 1.44. The Morgan fingerprint density at radius 1 is 0.541 bits per heavy atom. The fourth-order valence-electron chi connectivity index (χ4n) is 5.56. The van der Waals surface area contributed by atoms with E-state index in [1.807, 2.05) is 24.3 Å². The summed E-state index contributed by atoms with van der Waals surface area (Å²) >= 11 is 0. The first kappa shape index (κ1) is 20.1. The summed E-state index contributed by atoms with van der Waals surface area (Å²) in [6, 6.07) is 44.3. The number of nitrogens with zero attached hydrogens (tertiary/aromatic N) is 3. The summed E-state index contributed by atoms with van der Waals surface area (Å²) in [6.45, 7) is 0. The highest BCUT2D eigenvalue weighted by Gasteiger charge is 2.22. The van der Waals surface area contributed by atoms with Crippen molar-refractivity contribution in [1.29, 1.82) is 0 Å². The van der Waals surface area contributed by atoms with Crippen molar-refractivity contribution in [3.05, 3.63) is 127 Å². The molecule has 4 heteroatoms. The molecule has 0 amide bonds. The lowest BCUT2D eigenvalue weighted by Crippen LogP contribution is -1.93. The Hall–Kier alpha value is -5.09. The first-order valence-electron chi connectivity index (χ1n) is 12.4. The topological polar surface area (TPSA) is 35.4 Å². The van der Waals surface area contributed by atoms with Crippen molar-refractivity contribution in [2.24, 2.45) is 0 Å².